The van der Waals surface area contributed by atoms with Gasteiger partial charge >= 0.3 is 6.09 Å². The van der Waals surface area contributed by atoms with Crippen LogP contribution in [0.1, 0.15) is 70.8 Å². The fourth-order valence-corrected chi connectivity index (χ4v) is 4.16. The van der Waals surface area contributed by atoms with E-state index >= 15 is 0 Å². The molecule has 0 aromatic carbocycles. The van der Waals surface area contributed by atoms with E-state index in [9.17, 15) is 9.59 Å². The average molecular weight is 443 g/mol. The topological polar surface area (TPSA) is 106 Å². The van der Waals surface area contributed by atoms with Crippen LogP contribution in [0.25, 0.3) is 11.3 Å². The maximum Gasteiger partial charge on any atom is 0.408 e. The van der Waals surface area contributed by atoms with Crippen LogP contribution < -0.4 is 10.6 Å². The van der Waals surface area contributed by atoms with Gasteiger partial charge in [0.15, 0.2) is 0 Å². The van der Waals surface area contributed by atoms with Crippen LogP contribution in [0.15, 0.2) is 22.9 Å². The van der Waals surface area contributed by atoms with Crippen molar-refractivity contribution in [3.8, 4) is 11.3 Å². The smallest absolute Gasteiger partial charge is 0.408 e. The quantitative estimate of drug-likeness (QED) is 0.620. The molecule has 8 heteroatoms. The monoisotopic (exact) mass is 442 g/mol. The number of rotatable bonds is 5. The van der Waals surface area contributed by atoms with Crippen molar-refractivity contribution in [2.24, 2.45) is 5.92 Å². The number of anilines is 1. The normalized spacial score (nSPS) is 16.2. The Morgan fingerprint density at radius 3 is 2.34 bits per heavy atom. The lowest BCUT2D eigenvalue weighted by molar-refractivity contribution is -0.119. The summed E-state index contributed by atoms with van der Waals surface area (Å²) in [6, 6.07) is 2.96. The standard InChI is InChI=1S/C24H34N4O4/c1-15-20(16(2)32-28-15)19-13-12-18(14-25-19)26-22(29)21(17-10-8-6-7-9-11-17)27-23(30)31-24(3,4)5/h12-14,17,21H,6-11H2,1-5H3,(H,26,29)(H,27,30)/t21-/m0/s1. The molecule has 1 fully saturated rings. The Morgan fingerprint density at radius 1 is 1.12 bits per heavy atom. The van der Waals surface area contributed by atoms with Gasteiger partial charge in [-0.15, -0.1) is 0 Å². The lowest BCUT2D eigenvalue weighted by atomic mass is 9.91. The molecule has 2 aromatic heterocycles. The Labute approximate surface area is 189 Å². The van der Waals surface area contributed by atoms with Gasteiger partial charge in [0.1, 0.15) is 17.4 Å². The van der Waals surface area contributed by atoms with E-state index in [0.29, 0.717) is 11.4 Å². The molecule has 1 saturated carbocycles. The predicted molar refractivity (Wildman–Crippen MR) is 122 cm³/mol. The highest BCUT2D eigenvalue weighted by molar-refractivity contribution is 5.96. The number of nitrogens with one attached hydrogen (secondary N) is 2. The first-order valence-corrected chi connectivity index (χ1v) is 11.3. The molecule has 0 unspecified atom stereocenters. The van der Waals surface area contributed by atoms with Crippen LogP contribution in [0.4, 0.5) is 10.5 Å². The minimum absolute atomic E-state index is 0.0690. The number of alkyl carbamates (subject to hydrolysis) is 1. The number of amides is 2. The summed E-state index contributed by atoms with van der Waals surface area (Å²) < 4.78 is 10.6. The number of carbonyl (C=O) groups excluding carboxylic acids is 2. The third-order valence-electron chi connectivity index (χ3n) is 5.65. The van der Waals surface area contributed by atoms with E-state index in [1.165, 1.54) is 0 Å². The maximum atomic E-state index is 13.2. The van der Waals surface area contributed by atoms with E-state index in [1.54, 1.807) is 33.0 Å². The van der Waals surface area contributed by atoms with Gasteiger partial charge in [-0.3, -0.25) is 9.78 Å². The molecule has 1 aliphatic rings. The zero-order valence-corrected chi connectivity index (χ0v) is 19.7. The molecule has 2 amide bonds. The molecule has 32 heavy (non-hydrogen) atoms. The summed E-state index contributed by atoms with van der Waals surface area (Å²) in [5, 5.41) is 9.71. The fourth-order valence-electron chi connectivity index (χ4n) is 4.16. The molecule has 0 aliphatic heterocycles. The lowest BCUT2D eigenvalue weighted by Crippen LogP contribution is -2.49. The minimum Gasteiger partial charge on any atom is -0.444 e. The van der Waals surface area contributed by atoms with Gasteiger partial charge in [0.25, 0.3) is 0 Å². The second kappa shape index (κ2) is 10.1. The molecular weight excluding hydrogens is 408 g/mol. The van der Waals surface area contributed by atoms with Crippen molar-refractivity contribution in [2.75, 3.05) is 5.32 Å². The molecule has 0 bridgehead atoms. The molecule has 3 rings (SSSR count). The highest BCUT2D eigenvalue weighted by Gasteiger charge is 2.32. The van der Waals surface area contributed by atoms with Gasteiger partial charge in [-0.05, 0) is 65.5 Å². The van der Waals surface area contributed by atoms with E-state index in [-0.39, 0.29) is 11.8 Å². The fraction of sp³-hybridized carbons (Fsp3) is 0.583. The second-order valence-corrected chi connectivity index (χ2v) is 9.50. The van der Waals surface area contributed by atoms with Gasteiger partial charge in [0.2, 0.25) is 5.91 Å². The Bertz CT molecular complexity index is 903. The summed E-state index contributed by atoms with van der Waals surface area (Å²) in [6.07, 6.45) is 7.25. The summed E-state index contributed by atoms with van der Waals surface area (Å²) in [7, 11) is 0. The molecule has 1 aliphatic carbocycles. The molecule has 0 radical (unpaired) electrons. The van der Waals surface area contributed by atoms with E-state index in [1.807, 2.05) is 19.9 Å². The van der Waals surface area contributed by atoms with E-state index in [2.05, 4.69) is 20.8 Å². The average Bonchev–Trinajstić information content (AvgIpc) is 2.91. The van der Waals surface area contributed by atoms with Crippen LogP contribution >= 0.6 is 0 Å². The Kier molecular flexibility index (Phi) is 7.53. The van der Waals surface area contributed by atoms with Crippen molar-refractivity contribution in [3.05, 3.63) is 29.8 Å². The third kappa shape index (κ3) is 6.31. The van der Waals surface area contributed by atoms with Gasteiger partial charge in [-0.1, -0.05) is 30.8 Å². The molecule has 2 N–H and O–H groups in total. The van der Waals surface area contributed by atoms with Crippen molar-refractivity contribution in [2.45, 2.75) is 84.8 Å². The number of carbonyl (C=O) groups is 2. The number of hydrogen-bond donors (Lipinski definition) is 2. The van der Waals surface area contributed by atoms with Gasteiger partial charge < -0.3 is 19.9 Å². The first-order chi connectivity index (χ1) is 15.1. The lowest BCUT2D eigenvalue weighted by Gasteiger charge is -2.28. The Balaban J connectivity index is 1.74. The predicted octanol–water partition coefficient (Wildman–Crippen LogP) is 5.16. The largest absolute Gasteiger partial charge is 0.444 e. The molecule has 8 nitrogen and oxygen atoms in total. The Hall–Kier alpha value is -2.90. The third-order valence-corrected chi connectivity index (χ3v) is 5.65. The van der Waals surface area contributed by atoms with Crippen molar-refractivity contribution < 1.29 is 18.8 Å². The molecule has 2 aromatic rings. The van der Waals surface area contributed by atoms with Crippen molar-refractivity contribution in [1.29, 1.82) is 0 Å². The SMILES string of the molecule is Cc1noc(C)c1-c1ccc(NC(=O)[C@@H](NC(=O)OC(C)(C)C)C2CCCCCC2)cn1. The van der Waals surface area contributed by atoms with Gasteiger partial charge in [0, 0.05) is 0 Å². The van der Waals surface area contributed by atoms with E-state index in [0.717, 1.165) is 55.5 Å². The molecule has 174 valence electrons. The van der Waals surface area contributed by atoms with Gasteiger partial charge in [-0.2, -0.15) is 0 Å². The van der Waals surface area contributed by atoms with E-state index < -0.39 is 17.7 Å². The van der Waals surface area contributed by atoms with Crippen molar-refractivity contribution >= 4 is 17.7 Å². The number of hydrogen-bond acceptors (Lipinski definition) is 6. The van der Waals surface area contributed by atoms with Crippen LogP contribution in [-0.2, 0) is 9.53 Å². The molecule has 1 atom stereocenters. The minimum atomic E-state index is -0.662. The first kappa shape index (κ1) is 23.8. The number of nitrogens with zero attached hydrogens (tertiary/aromatic N) is 2. The Morgan fingerprint density at radius 2 is 1.81 bits per heavy atom. The van der Waals surface area contributed by atoms with Crippen LogP contribution in [0.2, 0.25) is 0 Å². The van der Waals surface area contributed by atoms with Crippen LogP contribution in [-0.4, -0.2) is 33.8 Å². The van der Waals surface area contributed by atoms with Crippen molar-refractivity contribution in [3.63, 3.8) is 0 Å². The van der Waals surface area contributed by atoms with E-state index in [4.69, 9.17) is 9.26 Å². The highest BCUT2D eigenvalue weighted by Crippen LogP contribution is 2.28. The number of pyridine rings is 1. The summed E-state index contributed by atoms with van der Waals surface area (Å²) in [6.45, 7) is 9.12. The highest BCUT2D eigenvalue weighted by atomic mass is 16.6. The molecule has 0 saturated heterocycles. The van der Waals surface area contributed by atoms with Gasteiger partial charge in [0.05, 0.1) is 28.8 Å². The molecular formula is C24H34N4O4. The summed E-state index contributed by atoms with van der Waals surface area (Å²) in [4.78, 5) is 30.1. The van der Waals surface area contributed by atoms with Crippen molar-refractivity contribution in [1.82, 2.24) is 15.5 Å². The second-order valence-electron chi connectivity index (χ2n) is 9.50. The van der Waals surface area contributed by atoms with Crippen LogP contribution in [0, 0.1) is 19.8 Å². The number of aromatic nitrogens is 2. The summed E-state index contributed by atoms with van der Waals surface area (Å²) in [5.74, 6) is 0.510. The first-order valence-electron chi connectivity index (χ1n) is 11.3. The molecule has 0 spiro atoms. The zero-order valence-electron chi connectivity index (χ0n) is 19.7. The number of aryl methyl sites for hydroxylation is 2. The zero-order chi connectivity index (χ0) is 23.3. The van der Waals surface area contributed by atoms with Crippen LogP contribution in [0.3, 0.4) is 0 Å². The number of ether oxygens (including phenoxy) is 1. The maximum absolute atomic E-state index is 13.2. The summed E-state index contributed by atoms with van der Waals surface area (Å²) in [5.41, 5.74) is 2.28. The van der Waals surface area contributed by atoms with Gasteiger partial charge in [-0.25, -0.2) is 4.79 Å². The van der Waals surface area contributed by atoms with Crippen LogP contribution in [0.5, 0.6) is 0 Å². The molecule has 2 heterocycles. The summed E-state index contributed by atoms with van der Waals surface area (Å²) >= 11 is 0.